The highest BCUT2D eigenvalue weighted by Gasteiger charge is 2.12. The molecule has 0 amide bonds. The molecule has 0 aliphatic heterocycles. The van der Waals surface area contributed by atoms with Gasteiger partial charge in [0.2, 0.25) is 0 Å². The predicted octanol–water partition coefficient (Wildman–Crippen LogP) is 3.60. The van der Waals surface area contributed by atoms with Crippen LogP contribution in [0.25, 0.3) is 0 Å². The summed E-state index contributed by atoms with van der Waals surface area (Å²) in [7, 11) is -3.72. The van der Waals surface area contributed by atoms with Gasteiger partial charge in [-0.1, -0.05) is 23.8 Å². The maximum Gasteiger partial charge on any atom is 0.276 e. The SMILES string of the molecule is C/C(=N/NS(=O)(=O)c1ccc(C)cc1)c1ccc(F)c(Br)c1. The summed E-state index contributed by atoms with van der Waals surface area (Å²) in [5, 5.41) is 3.87. The van der Waals surface area contributed by atoms with Crippen LogP contribution in [0.4, 0.5) is 4.39 Å². The standard InChI is InChI=1S/C15H14BrFN2O2S/c1-10-3-6-13(7-4-10)22(20,21)19-18-11(2)12-5-8-15(17)14(16)9-12/h3-9,19H,1-2H3/b18-11-. The summed E-state index contributed by atoms with van der Waals surface area (Å²) in [6.07, 6.45) is 0. The molecule has 0 heterocycles. The third-order valence-electron chi connectivity index (χ3n) is 3.00. The molecule has 0 unspecified atom stereocenters. The minimum absolute atomic E-state index is 0.134. The molecular weight excluding hydrogens is 371 g/mol. The third-order valence-corrected chi connectivity index (χ3v) is 4.83. The summed E-state index contributed by atoms with van der Waals surface area (Å²) in [5.74, 6) is -0.392. The van der Waals surface area contributed by atoms with Crippen LogP contribution in [0.3, 0.4) is 0 Å². The van der Waals surface area contributed by atoms with Gasteiger partial charge < -0.3 is 0 Å². The van der Waals surface area contributed by atoms with Crippen LogP contribution in [0.15, 0.2) is 56.9 Å². The number of rotatable bonds is 4. The van der Waals surface area contributed by atoms with Crippen molar-refractivity contribution in [2.24, 2.45) is 5.10 Å². The Morgan fingerprint density at radius 3 is 2.41 bits per heavy atom. The fourth-order valence-electron chi connectivity index (χ4n) is 1.68. The van der Waals surface area contributed by atoms with E-state index < -0.39 is 15.8 Å². The Hall–Kier alpha value is -1.73. The minimum atomic E-state index is -3.72. The van der Waals surface area contributed by atoms with Crippen molar-refractivity contribution >= 4 is 31.7 Å². The first-order valence-corrected chi connectivity index (χ1v) is 8.65. The summed E-state index contributed by atoms with van der Waals surface area (Å²) < 4.78 is 37.7. The molecule has 0 aliphatic rings. The second kappa shape index (κ2) is 6.58. The third kappa shape index (κ3) is 3.92. The van der Waals surface area contributed by atoms with Crippen LogP contribution in [0.2, 0.25) is 0 Å². The van der Waals surface area contributed by atoms with Crippen molar-refractivity contribution < 1.29 is 12.8 Å². The van der Waals surface area contributed by atoms with E-state index in [0.717, 1.165) is 5.56 Å². The molecule has 2 aromatic carbocycles. The van der Waals surface area contributed by atoms with Crippen LogP contribution in [-0.2, 0) is 10.0 Å². The van der Waals surface area contributed by atoms with Gasteiger partial charge in [-0.2, -0.15) is 18.4 Å². The lowest BCUT2D eigenvalue weighted by atomic mass is 10.1. The zero-order valence-electron chi connectivity index (χ0n) is 12.0. The summed E-state index contributed by atoms with van der Waals surface area (Å²) in [6, 6.07) is 10.8. The molecule has 0 saturated heterocycles. The number of hydrazone groups is 1. The number of hydrogen-bond donors (Lipinski definition) is 1. The molecule has 7 heteroatoms. The Bertz CT molecular complexity index is 818. The van der Waals surface area contributed by atoms with Crippen LogP contribution in [0.1, 0.15) is 18.1 Å². The largest absolute Gasteiger partial charge is 0.276 e. The van der Waals surface area contributed by atoms with Crippen LogP contribution in [0, 0.1) is 12.7 Å². The number of aryl methyl sites for hydroxylation is 1. The first-order valence-electron chi connectivity index (χ1n) is 6.38. The van der Waals surface area contributed by atoms with E-state index in [1.54, 1.807) is 19.1 Å². The molecule has 0 fully saturated rings. The van der Waals surface area contributed by atoms with E-state index in [1.165, 1.54) is 30.3 Å². The molecule has 0 atom stereocenters. The van der Waals surface area contributed by atoms with Crippen molar-refractivity contribution in [2.45, 2.75) is 18.7 Å². The van der Waals surface area contributed by atoms with Gasteiger partial charge >= 0.3 is 0 Å². The van der Waals surface area contributed by atoms with Crippen molar-refractivity contribution in [1.29, 1.82) is 0 Å². The fraction of sp³-hybridized carbons (Fsp3) is 0.133. The van der Waals surface area contributed by atoms with E-state index in [-0.39, 0.29) is 4.90 Å². The highest BCUT2D eigenvalue weighted by Crippen LogP contribution is 2.17. The van der Waals surface area contributed by atoms with Crippen molar-refractivity contribution in [1.82, 2.24) is 4.83 Å². The highest BCUT2D eigenvalue weighted by molar-refractivity contribution is 9.10. The van der Waals surface area contributed by atoms with Gasteiger partial charge in [0.25, 0.3) is 10.0 Å². The second-order valence-corrected chi connectivity index (χ2v) is 7.25. The Kier molecular flexibility index (Phi) is 4.97. The molecule has 22 heavy (non-hydrogen) atoms. The molecule has 0 saturated carbocycles. The maximum absolute atomic E-state index is 13.2. The van der Waals surface area contributed by atoms with Crippen molar-refractivity contribution in [3.63, 3.8) is 0 Å². The first-order chi connectivity index (χ1) is 10.3. The quantitative estimate of drug-likeness (QED) is 0.646. The lowest BCUT2D eigenvalue weighted by Crippen LogP contribution is -2.20. The first kappa shape index (κ1) is 16.6. The van der Waals surface area contributed by atoms with Gasteiger partial charge in [0.15, 0.2) is 0 Å². The fourth-order valence-corrected chi connectivity index (χ4v) is 2.92. The summed E-state index contributed by atoms with van der Waals surface area (Å²) in [5.41, 5.74) is 2.01. The van der Waals surface area contributed by atoms with Gasteiger partial charge in [-0.15, -0.1) is 0 Å². The normalized spacial score (nSPS) is 12.3. The van der Waals surface area contributed by atoms with Crippen LogP contribution >= 0.6 is 15.9 Å². The van der Waals surface area contributed by atoms with Gasteiger partial charge in [-0.05, 0) is 59.6 Å². The Labute approximate surface area is 137 Å². The number of halogens is 2. The Morgan fingerprint density at radius 1 is 1.18 bits per heavy atom. The molecule has 2 aromatic rings. The second-order valence-electron chi connectivity index (χ2n) is 4.73. The molecular formula is C15H14BrFN2O2S. The summed E-state index contributed by atoms with van der Waals surface area (Å²) in [6.45, 7) is 3.51. The lowest BCUT2D eigenvalue weighted by molar-refractivity contribution is 0.584. The van der Waals surface area contributed by atoms with Gasteiger partial charge in [-0.3, -0.25) is 0 Å². The average molecular weight is 385 g/mol. The minimum Gasteiger partial charge on any atom is -0.206 e. The topological polar surface area (TPSA) is 58.5 Å². The zero-order valence-corrected chi connectivity index (χ0v) is 14.4. The molecule has 116 valence electrons. The van der Waals surface area contributed by atoms with Gasteiger partial charge in [0.1, 0.15) is 5.82 Å². The molecule has 2 rings (SSSR count). The maximum atomic E-state index is 13.2. The highest BCUT2D eigenvalue weighted by atomic mass is 79.9. The van der Waals surface area contributed by atoms with Crippen molar-refractivity contribution in [3.05, 3.63) is 63.9 Å². The molecule has 4 nitrogen and oxygen atoms in total. The molecule has 0 bridgehead atoms. The van der Waals surface area contributed by atoms with E-state index in [0.29, 0.717) is 15.7 Å². The Morgan fingerprint density at radius 2 is 1.82 bits per heavy atom. The van der Waals surface area contributed by atoms with E-state index in [1.807, 2.05) is 6.92 Å². The molecule has 0 aromatic heterocycles. The predicted molar refractivity (Wildman–Crippen MR) is 87.8 cm³/mol. The van der Waals surface area contributed by atoms with Crippen LogP contribution in [0.5, 0.6) is 0 Å². The van der Waals surface area contributed by atoms with Gasteiger partial charge in [0.05, 0.1) is 15.1 Å². The van der Waals surface area contributed by atoms with E-state index in [9.17, 15) is 12.8 Å². The number of nitrogens with one attached hydrogen (secondary N) is 1. The number of sulfonamides is 1. The monoisotopic (exact) mass is 384 g/mol. The number of hydrogen-bond acceptors (Lipinski definition) is 3. The number of benzene rings is 2. The molecule has 0 spiro atoms. The lowest BCUT2D eigenvalue weighted by Gasteiger charge is -2.06. The summed E-state index contributed by atoms with van der Waals surface area (Å²) >= 11 is 3.08. The summed E-state index contributed by atoms with van der Waals surface area (Å²) in [4.78, 5) is 2.31. The average Bonchev–Trinajstić information content (AvgIpc) is 2.48. The molecule has 1 N–H and O–H groups in total. The van der Waals surface area contributed by atoms with Crippen LogP contribution < -0.4 is 4.83 Å². The van der Waals surface area contributed by atoms with Gasteiger partial charge in [-0.25, -0.2) is 4.39 Å². The zero-order chi connectivity index (χ0) is 16.3. The van der Waals surface area contributed by atoms with Crippen molar-refractivity contribution in [3.8, 4) is 0 Å². The Balaban J connectivity index is 2.22. The number of nitrogens with zero attached hydrogens (tertiary/aromatic N) is 1. The molecule has 0 aliphatic carbocycles. The van der Waals surface area contributed by atoms with E-state index in [2.05, 4.69) is 25.9 Å². The van der Waals surface area contributed by atoms with E-state index in [4.69, 9.17) is 0 Å². The van der Waals surface area contributed by atoms with Crippen LogP contribution in [-0.4, -0.2) is 14.1 Å². The van der Waals surface area contributed by atoms with E-state index >= 15 is 0 Å². The van der Waals surface area contributed by atoms with Crippen molar-refractivity contribution in [2.75, 3.05) is 0 Å². The smallest absolute Gasteiger partial charge is 0.206 e. The van der Waals surface area contributed by atoms with Gasteiger partial charge in [0, 0.05) is 0 Å². The molecule has 0 radical (unpaired) electrons.